The van der Waals surface area contributed by atoms with Crippen molar-refractivity contribution < 1.29 is 0 Å². The normalized spacial score (nSPS) is 12.1. The van der Waals surface area contributed by atoms with Crippen LogP contribution in [0.15, 0.2) is 206 Å². The van der Waals surface area contributed by atoms with Gasteiger partial charge in [0.05, 0.1) is 44.1 Å². The zero-order valence-corrected chi connectivity index (χ0v) is 31.4. The lowest BCUT2D eigenvalue weighted by atomic mass is 10.1. The maximum atomic E-state index is 2.54. The number of hydrogen-bond donors (Lipinski definition) is 0. The van der Waals surface area contributed by atoms with E-state index in [9.17, 15) is 0 Å². The van der Waals surface area contributed by atoms with Crippen LogP contribution in [0.5, 0.6) is 0 Å². The Kier molecular flexibility index (Phi) is 6.41. The molecule has 0 aliphatic carbocycles. The van der Waals surface area contributed by atoms with Crippen molar-refractivity contribution in [2.45, 2.75) is 0 Å². The first-order valence-corrected chi connectivity index (χ1v) is 20.0. The van der Waals surface area contributed by atoms with Crippen LogP contribution in [0.2, 0.25) is 0 Å². The molecule has 0 atom stereocenters. The first-order valence-electron chi connectivity index (χ1n) is 20.0. The van der Waals surface area contributed by atoms with Crippen molar-refractivity contribution in [2.75, 3.05) is 0 Å². The Morgan fingerprint density at radius 3 is 1.03 bits per heavy atom. The third-order valence-electron chi connectivity index (χ3n) is 12.3. The summed E-state index contributed by atoms with van der Waals surface area (Å²) in [6, 6.07) is 75.3. The largest absolute Gasteiger partial charge is 0.309 e. The molecule has 0 N–H and O–H groups in total. The molecule has 13 rings (SSSR count). The highest BCUT2D eigenvalue weighted by Crippen LogP contribution is 2.46. The Balaban J connectivity index is 1.16. The zero-order valence-electron chi connectivity index (χ0n) is 31.4. The molecule has 0 aliphatic rings. The van der Waals surface area contributed by atoms with Crippen LogP contribution in [0.3, 0.4) is 0 Å². The molecule has 0 amide bonds. The number of nitrogens with zero attached hydrogens (tertiary/aromatic N) is 4. The molecular formula is C54H34N4. The van der Waals surface area contributed by atoms with E-state index < -0.39 is 0 Å². The number of para-hydroxylation sites is 6. The number of aromatic nitrogens is 4. The van der Waals surface area contributed by atoms with Crippen molar-refractivity contribution in [3.63, 3.8) is 0 Å². The summed E-state index contributed by atoms with van der Waals surface area (Å²) in [7, 11) is 0. The van der Waals surface area contributed by atoms with Crippen molar-refractivity contribution in [1.29, 1.82) is 0 Å². The number of rotatable bonds is 4. The Morgan fingerprint density at radius 1 is 0.207 bits per heavy atom. The highest BCUT2D eigenvalue weighted by Gasteiger charge is 2.25. The van der Waals surface area contributed by atoms with Crippen molar-refractivity contribution in [3.8, 4) is 22.7 Å². The highest BCUT2D eigenvalue weighted by molar-refractivity contribution is 6.31. The minimum atomic E-state index is 1.13. The molecule has 0 fully saturated rings. The van der Waals surface area contributed by atoms with Crippen LogP contribution in [-0.2, 0) is 0 Å². The summed E-state index contributed by atoms with van der Waals surface area (Å²) in [5, 5.41) is 9.99. The Labute approximate surface area is 333 Å². The smallest absolute Gasteiger partial charge is 0.0641 e. The average molecular weight is 739 g/mol. The third-order valence-corrected chi connectivity index (χ3v) is 12.3. The molecule has 0 saturated carbocycles. The zero-order chi connectivity index (χ0) is 37.9. The summed E-state index contributed by atoms with van der Waals surface area (Å²) in [5.41, 5.74) is 14.2. The summed E-state index contributed by atoms with van der Waals surface area (Å²) in [5.74, 6) is 0. The van der Waals surface area contributed by atoms with Gasteiger partial charge in [-0.15, -0.1) is 0 Å². The van der Waals surface area contributed by atoms with Crippen LogP contribution < -0.4 is 0 Å². The molecule has 9 aromatic carbocycles. The van der Waals surface area contributed by atoms with E-state index in [1.807, 2.05) is 0 Å². The summed E-state index contributed by atoms with van der Waals surface area (Å²) in [4.78, 5) is 0. The van der Waals surface area contributed by atoms with Crippen LogP contribution in [0, 0.1) is 0 Å². The molecular weight excluding hydrogens is 705 g/mol. The Bertz CT molecular complexity index is 3730. The third kappa shape index (κ3) is 4.18. The number of fused-ring (bicyclic) bond motifs is 14. The minimum Gasteiger partial charge on any atom is -0.309 e. The highest BCUT2D eigenvalue weighted by atomic mass is 15.0. The molecule has 4 nitrogen and oxygen atoms in total. The van der Waals surface area contributed by atoms with Crippen LogP contribution >= 0.6 is 0 Å². The van der Waals surface area contributed by atoms with E-state index in [4.69, 9.17) is 0 Å². The lowest BCUT2D eigenvalue weighted by Gasteiger charge is -2.13. The summed E-state index contributed by atoms with van der Waals surface area (Å²) >= 11 is 0. The number of benzene rings is 9. The second-order valence-electron chi connectivity index (χ2n) is 15.3. The average Bonchev–Trinajstić information content (AvgIpc) is 4.02. The van der Waals surface area contributed by atoms with E-state index in [2.05, 4.69) is 225 Å². The fourth-order valence-corrected chi connectivity index (χ4v) is 10.0. The van der Waals surface area contributed by atoms with Gasteiger partial charge in [0.1, 0.15) is 0 Å². The summed E-state index contributed by atoms with van der Waals surface area (Å²) < 4.78 is 9.83. The van der Waals surface area contributed by atoms with Gasteiger partial charge in [0.2, 0.25) is 0 Å². The predicted molar refractivity (Wildman–Crippen MR) is 244 cm³/mol. The van der Waals surface area contributed by atoms with Crippen molar-refractivity contribution in [2.24, 2.45) is 0 Å². The van der Waals surface area contributed by atoms with Gasteiger partial charge < -0.3 is 18.3 Å². The molecule has 4 heterocycles. The van der Waals surface area contributed by atoms with Crippen molar-refractivity contribution >= 4 is 87.2 Å². The van der Waals surface area contributed by atoms with Crippen LogP contribution in [0.1, 0.15) is 0 Å². The lowest BCUT2D eigenvalue weighted by Crippen LogP contribution is -1.98. The van der Waals surface area contributed by atoms with E-state index in [1.165, 1.54) is 87.2 Å². The number of hydrogen-bond acceptors (Lipinski definition) is 0. The molecule has 4 heteroatoms. The van der Waals surface area contributed by atoms with E-state index in [0.717, 1.165) is 22.7 Å². The molecule has 4 aromatic heterocycles. The van der Waals surface area contributed by atoms with E-state index >= 15 is 0 Å². The lowest BCUT2D eigenvalue weighted by molar-refractivity contribution is 1.13. The molecule has 58 heavy (non-hydrogen) atoms. The SMILES string of the molecule is c1ccc(-n2c3ccccc3c3c2ccc2c4ccc5c(c6ccccc6n5-c5cccc(-n6c7ccccc7c7ccccc76)c5)c4n(-c4ccccc4)c23)cc1. The predicted octanol–water partition coefficient (Wildman–Crippen LogP) is 14.1. The van der Waals surface area contributed by atoms with Crippen molar-refractivity contribution in [3.05, 3.63) is 206 Å². The summed E-state index contributed by atoms with van der Waals surface area (Å²) in [6.45, 7) is 0. The topological polar surface area (TPSA) is 19.7 Å². The first kappa shape index (κ1) is 31.4. The van der Waals surface area contributed by atoms with Crippen LogP contribution in [0.25, 0.3) is 110 Å². The molecule has 0 spiro atoms. The first-order chi connectivity index (χ1) is 28.8. The molecule has 0 radical (unpaired) electrons. The molecule has 0 bridgehead atoms. The maximum absolute atomic E-state index is 2.54. The van der Waals surface area contributed by atoms with E-state index in [0.29, 0.717) is 0 Å². The molecule has 0 aliphatic heterocycles. The van der Waals surface area contributed by atoms with Gasteiger partial charge >= 0.3 is 0 Å². The fourth-order valence-electron chi connectivity index (χ4n) is 10.0. The summed E-state index contributed by atoms with van der Waals surface area (Å²) in [6.07, 6.45) is 0. The van der Waals surface area contributed by atoms with Gasteiger partial charge in [-0.3, -0.25) is 0 Å². The van der Waals surface area contributed by atoms with Gasteiger partial charge in [-0.05, 0) is 78.9 Å². The minimum absolute atomic E-state index is 1.13. The molecule has 13 aromatic rings. The molecule has 0 saturated heterocycles. The van der Waals surface area contributed by atoms with E-state index in [-0.39, 0.29) is 0 Å². The van der Waals surface area contributed by atoms with Gasteiger partial charge in [-0.2, -0.15) is 0 Å². The van der Waals surface area contributed by atoms with Crippen LogP contribution in [0.4, 0.5) is 0 Å². The second kappa shape index (κ2) is 11.8. The second-order valence-corrected chi connectivity index (χ2v) is 15.3. The van der Waals surface area contributed by atoms with Gasteiger partial charge in [-0.1, -0.05) is 127 Å². The van der Waals surface area contributed by atoms with Crippen molar-refractivity contribution in [1.82, 2.24) is 18.3 Å². The van der Waals surface area contributed by atoms with Gasteiger partial charge in [-0.25, -0.2) is 0 Å². The Hall–Kier alpha value is -7.82. The monoisotopic (exact) mass is 738 g/mol. The molecule has 0 unspecified atom stereocenters. The van der Waals surface area contributed by atoms with Gasteiger partial charge in [0.15, 0.2) is 0 Å². The molecule has 270 valence electrons. The quantitative estimate of drug-likeness (QED) is 0.171. The Morgan fingerprint density at radius 2 is 0.552 bits per heavy atom. The maximum Gasteiger partial charge on any atom is 0.0641 e. The standard InChI is InChI=1S/C54H34N4/c1-3-16-35(17-4-1)55-47-28-13-9-24-43(47)51-49(55)32-30-41-42-31-33-50-52(54(42)58(53(41)51)36-18-5-2-6-19-36)44-25-10-14-29-48(44)57(50)38-21-15-20-37(34-38)56-45-26-11-7-22-39(45)40-23-8-12-27-46(40)56/h1-34H. The van der Waals surface area contributed by atoms with Gasteiger partial charge in [0, 0.05) is 65.8 Å². The van der Waals surface area contributed by atoms with Gasteiger partial charge in [0.25, 0.3) is 0 Å². The fraction of sp³-hybridized carbons (Fsp3) is 0. The van der Waals surface area contributed by atoms with Crippen LogP contribution in [-0.4, -0.2) is 18.3 Å². The van der Waals surface area contributed by atoms with E-state index in [1.54, 1.807) is 0 Å².